The number of amides is 4. The number of benzene rings is 1. The summed E-state index contributed by atoms with van der Waals surface area (Å²) >= 11 is 0. The Morgan fingerprint density at radius 1 is 1.41 bits per heavy atom. The number of fused-ring (bicyclic) bond motifs is 2. The normalized spacial score (nSPS) is 25.7. The minimum Gasteiger partial charge on any atom is -0.368 e. The molecule has 1 aromatic carbocycles. The van der Waals surface area contributed by atoms with Gasteiger partial charge in [-0.2, -0.15) is 4.99 Å². The molecule has 0 radical (unpaired) electrons. The highest BCUT2D eigenvalue weighted by Gasteiger charge is 2.59. The van der Waals surface area contributed by atoms with Crippen LogP contribution in [0, 0.1) is 11.8 Å². The van der Waals surface area contributed by atoms with Crippen molar-refractivity contribution in [1.29, 1.82) is 0 Å². The van der Waals surface area contributed by atoms with Gasteiger partial charge >= 0.3 is 6.03 Å². The zero-order valence-electron chi connectivity index (χ0n) is 14.9. The van der Waals surface area contributed by atoms with Crippen LogP contribution in [0.15, 0.2) is 23.2 Å². The van der Waals surface area contributed by atoms with Crippen LogP contribution in [0.3, 0.4) is 0 Å². The average molecular weight is 368 g/mol. The molecule has 3 N–H and O–H groups in total. The number of imide groups is 1. The monoisotopic (exact) mass is 368 g/mol. The molecular weight excluding hydrogens is 348 g/mol. The Morgan fingerprint density at radius 3 is 2.78 bits per heavy atom. The van der Waals surface area contributed by atoms with E-state index in [-0.39, 0.29) is 5.92 Å². The van der Waals surface area contributed by atoms with E-state index in [4.69, 9.17) is 5.73 Å². The molecule has 0 aromatic heterocycles. The molecule has 4 amide bonds. The molecule has 2 fully saturated rings. The Balaban J connectivity index is 1.72. The lowest BCUT2D eigenvalue weighted by atomic mass is 9.89. The number of carbonyl (C=O) groups excluding carboxylic acids is 4. The van der Waals surface area contributed by atoms with Crippen LogP contribution in [0.4, 0.5) is 10.5 Å². The molecule has 1 saturated heterocycles. The van der Waals surface area contributed by atoms with Gasteiger partial charge < -0.3 is 11.1 Å². The number of isocyanates is 1. The first-order valence-electron chi connectivity index (χ1n) is 9.05. The fourth-order valence-electron chi connectivity index (χ4n) is 4.48. The number of rotatable bonds is 5. The van der Waals surface area contributed by atoms with E-state index in [0.29, 0.717) is 30.0 Å². The molecule has 3 atom stereocenters. The van der Waals surface area contributed by atoms with Crippen molar-refractivity contribution in [3.63, 3.8) is 0 Å². The zero-order chi connectivity index (χ0) is 19.3. The molecule has 1 heterocycles. The van der Waals surface area contributed by atoms with Crippen molar-refractivity contribution in [2.24, 2.45) is 22.6 Å². The zero-order valence-corrected chi connectivity index (χ0v) is 14.9. The molecule has 3 aliphatic rings. The van der Waals surface area contributed by atoms with E-state index in [1.165, 1.54) is 6.08 Å². The van der Waals surface area contributed by atoms with Gasteiger partial charge in [0.15, 0.2) is 0 Å². The molecule has 140 valence electrons. The third kappa shape index (κ3) is 2.56. The third-order valence-corrected chi connectivity index (χ3v) is 6.05. The van der Waals surface area contributed by atoms with Crippen LogP contribution in [0.2, 0.25) is 0 Å². The number of primary amides is 1. The second kappa shape index (κ2) is 6.03. The topological polar surface area (TPSA) is 122 Å². The van der Waals surface area contributed by atoms with E-state index >= 15 is 0 Å². The van der Waals surface area contributed by atoms with Crippen molar-refractivity contribution in [2.45, 2.75) is 44.2 Å². The first-order chi connectivity index (χ1) is 12.9. The predicted molar refractivity (Wildman–Crippen MR) is 94.5 cm³/mol. The number of nitrogens with two attached hydrogens (primary N) is 1. The number of hydrogen-bond acceptors (Lipinski definition) is 5. The van der Waals surface area contributed by atoms with Crippen LogP contribution >= 0.6 is 0 Å². The average Bonchev–Trinajstić information content (AvgIpc) is 3.37. The Kier molecular flexibility index (Phi) is 3.89. The van der Waals surface area contributed by atoms with Gasteiger partial charge in [0.1, 0.15) is 11.6 Å². The molecule has 4 rings (SSSR count). The fraction of sp³-hybridized carbons (Fsp3) is 0.474. The molecule has 1 aromatic rings. The maximum Gasteiger partial charge on any atom is 0.326 e. The van der Waals surface area contributed by atoms with Gasteiger partial charge in [0.2, 0.25) is 12.0 Å². The first-order valence-corrected chi connectivity index (χ1v) is 9.05. The first kappa shape index (κ1) is 17.4. The maximum absolute atomic E-state index is 13.4. The third-order valence-electron chi connectivity index (χ3n) is 6.05. The molecule has 0 bridgehead atoms. The predicted octanol–water partition coefficient (Wildman–Crippen LogP) is 1.25. The van der Waals surface area contributed by atoms with Crippen LogP contribution < -0.4 is 11.1 Å². The minimum atomic E-state index is -1.19. The smallest absolute Gasteiger partial charge is 0.326 e. The lowest BCUT2D eigenvalue weighted by Crippen LogP contribution is -2.53. The largest absolute Gasteiger partial charge is 0.368 e. The number of carbonyl (C=O) groups is 3. The van der Waals surface area contributed by atoms with Gasteiger partial charge in [-0.25, -0.2) is 14.5 Å². The van der Waals surface area contributed by atoms with Crippen LogP contribution in [0.1, 0.15) is 37.3 Å². The fourth-order valence-corrected chi connectivity index (χ4v) is 4.48. The molecule has 8 heteroatoms. The second-order valence-corrected chi connectivity index (χ2v) is 7.60. The second-order valence-electron chi connectivity index (χ2n) is 7.60. The van der Waals surface area contributed by atoms with Gasteiger partial charge in [0.05, 0.1) is 5.69 Å². The summed E-state index contributed by atoms with van der Waals surface area (Å²) in [4.78, 5) is 53.3. The van der Waals surface area contributed by atoms with Gasteiger partial charge in [-0.15, -0.1) is 0 Å². The lowest BCUT2D eigenvalue weighted by molar-refractivity contribution is -0.139. The van der Waals surface area contributed by atoms with Crippen molar-refractivity contribution in [1.82, 2.24) is 10.2 Å². The van der Waals surface area contributed by atoms with E-state index in [9.17, 15) is 19.2 Å². The highest BCUT2D eigenvalue weighted by atomic mass is 16.2. The van der Waals surface area contributed by atoms with Crippen molar-refractivity contribution in [3.8, 4) is 0 Å². The van der Waals surface area contributed by atoms with Crippen molar-refractivity contribution in [3.05, 3.63) is 29.3 Å². The molecule has 8 nitrogen and oxygen atoms in total. The quantitative estimate of drug-likeness (QED) is 0.461. The summed E-state index contributed by atoms with van der Waals surface area (Å²) in [7, 11) is 0. The van der Waals surface area contributed by atoms with E-state index in [0.717, 1.165) is 23.3 Å². The van der Waals surface area contributed by atoms with Crippen LogP contribution in [-0.2, 0) is 26.3 Å². The number of nitrogens with zero attached hydrogens (tertiary/aromatic N) is 2. The van der Waals surface area contributed by atoms with E-state index in [1.807, 2.05) is 6.92 Å². The molecule has 1 saturated carbocycles. The van der Waals surface area contributed by atoms with Gasteiger partial charge in [-0.3, -0.25) is 9.59 Å². The Morgan fingerprint density at radius 2 is 2.15 bits per heavy atom. The van der Waals surface area contributed by atoms with Crippen molar-refractivity contribution in [2.75, 3.05) is 0 Å². The van der Waals surface area contributed by atoms with Crippen LogP contribution in [0.25, 0.3) is 0 Å². The van der Waals surface area contributed by atoms with Crippen molar-refractivity contribution >= 4 is 29.6 Å². The molecule has 2 aliphatic carbocycles. The van der Waals surface area contributed by atoms with Gasteiger partial charge in [0.25, 0.3) is 5.91 Å². The Bertz CT molecular complexity index is 903. The standard InChI is InChI=1S/C19H20N4O4/c1-10(11-2-3-11)15(16(20)25)23-17(26)19(22-18(23)27)7-6-12-8-13(21-9-24)4-5-14(12)19/h4-5,8,10-11,15H,2-3,6-7H2,1H3,(H2,20,25)(H,22,27)/t10-,15?,19-/m0/s1. The Hall–Kier alpha value is -2.99. The van der Waals surface area contributed by atoms with Crippen molar-refractivity contribution < 1.29 is 19.2 Å². The summed E-state index contributed by atoms with van der Waals surface area (Å²) in [6.07, 6.45) is 4.39. The molecule has 27 heavy (non-hydrogen) atoms. The maximum atomic E-state index is 13.4. The molecule has 1 aliphatic heterocycles. The molecular formula is C19H20N4O4. The summed E-state index contributed by atoms with van der Waals surface area (Å²) in [5.41, 5.74) is 6.36. The molecule has 1 unspecified atom stereocenters. The van der Waals surface area contributed by atoms with E-state index in [1.54, 1.807) is 18.2 Å². The molecule has 1 spiro atoms. The van der Waals surface area contributed by atoms with Crippen LogP contribution in [-0.4, -0.2) is 34.9 Å². The summed E-state index contributed by atoms with van der Waals surface area (Å²) < 4.78 is 0. The summed E-state index contributed by atoms with van der Waals surface area (Å²) in [6, 6.07) is 3.49. The number of nitrogens with one attached hydrogen (secondary N) is 1. The Labute approximate surface area is 155 Å². The van der Waals surface area contributed by atoms with E-state index < -0.39 is 29.4 Å². The highest BCUT2D eigenvalue weighted by Crippen LogP contribution is 2.45. The summed E-state index contributed by atoms with van der Waals surface area (Å²) in [6.45, 7) is 1.87. The lowest BCUT2D eigenvalue weighted by Gasteiger charge is -2.29. The number of hydrogen-bond donors (Lipinski definition) is 2. The van der Waals surface area contributed by atoms with Crippen LogP contribution in [0.5, 0.6) is 0 Å². The minimum absolute atomic E-state index is 0.169. The van der Waals surface area contributed by atoms with Gasteiger partial charge in [-0.05, 0) is 60.8 Å². The summed E-state index contributed by atoms with van der Waals surface area (Å²) in [5.74, 6) is -0.963. The summed E-state index contributed by atoms with van der Waals surface area (Å²) in [5, 5.41) is 2.81. The van der Waals surface area contributed by atoms with E-state index in [2.05, 4.69) is 10.3 Å². The van der Waals surface area contributed by atoms with Gasteiger partial charge in [-0.1, -0.05) is 13.0 Å². The number of aryl methyl sites for hydroxylation is 1. The number of urea groups is 1. The van der Waals surface area contributed by atoms with Gasteiger partial charge in [0, 0.05) is 0 Å². The highest BCUT2D eigenvalue weighted by molar-refractivity contribution is 6.10. The SMILES string of the molecule is C[C@@H](C1CC1)C(C(N)=O)N1C(=O)N[C@]2(CCc3cc(N=C=O)ccc32)C1=O. The number of aliphatic imine (C=N–C) groups is 1.